The van der Waals surface area contributed by atoms with E-state index >= 15 is 0 Å². The van der Waals surface area contributed by atoms with Crippen LogP contribution >= 0.6 is 11.3 Å². The minimum Gasteiger partial charge on any atom is -0.298 e. The fraction of sp³-hybridized carbons (Fsp3) is 0.375. The molecule has 1 amide bonds. The molecule has 110 valence electrons. The molecule has 0 unspecified atom stereocenters. The Balaban J connectivity index is 1.58. The molecule has 1 aliphatic rings. The summed E-state index contributed by atoms with van der Waals surface area (Å²) in [4.78, 5) is 20.0. The summed E-state index contributed by atoms with van der Waals surface area (Å²) in [5.74, 6) is -0.102. The first-order valence-electron chi connectivity index (χ1n) is 7.35. The van der Waals surface area contributed by atoms with Gasteiger partial charge < -0.3 is 0 Å². The van der Waals surface area contributed by atoms with Gasteiger partial charge in [0.05, 0.1) is 0 Å². The van der Waals surface area contributed by atoms with Crippen molar-refractivity contribution in [3.63, 3.8) is 0 Å². The molecule has 0 spiro atoms. The van der Waals surface area contributed by atoms with Crippen molar-refractivity contribution in [2.75, 3.05) is 18.4 Å². The third kappa shape index (κ3) is 3.89. The summed E-state index contributed by atoms with van der Waals surface area (Å²) in [5.41, 5.74) is 0.658. The van der Waals surface area contributed by atoms with E-state index in [1.54, 1.807) is 23.5 Å². The molecule has 1 saturated heterocycles. The molecule has 1 aromatic heterocycles. The topological polar surface area (TPSA) is 45.2 Å². The van der Waals surface area contributed by atoms with Crippen LogP contribution in [0.1, 0.15) is 34.5 Å². The minimum atomic E-state index is -0.102. The summed E-state index contributed by atoms with van der Waals surface area (Å²) < 4.78 is 0. The summed E-state index contributed by atoms with van der Waals surface area (Å²) in [6.45, 7) is 3.28. The number of nitrogens with zero attached hydrogens (tertiary/aromatic N) is 2. The average Bonchev–Trinajstić information content (AvgIpc) is 2.96. The van der Waals surface area contributed by atoms with E-state index in [9.17, 15) is 4.79 Å². The Kier molecular flexibility index (Phi) is 4.62. The zero-order chi connectivity index (χ0) is 14.5. The molecule has 0 radical (unpaired) electrons. The molecule has 2 heterocycles. The van der Waals surface area contributed by atoms with Crippen LogP contribution in [0.5, 0.6) is 0 Å². The van der Waals surface area contributed by atoms with E-state index < -0.39 is 0 Å². The molecule has 5 heteroatoms. The van der Waals surface area contributed by atoms with Crippen molar-refractivity contribution in [3.05, 3.63) is 47.0 Å². The van der Waals surface area contributed by atoms with E-state index in [-0.39, 0.29) is 5.91 Å². The van der Waals surface area contributed by atoms with Gasteiger partial charge in [-0.2, -0.15) is 0 Å². The molecule has 21 heavy (non-hydrogen) atoms. The van der Waals surface area contributed by atoms with Gasteiger partial charge in [-0.25, -0.2) is 4.98 Å². The van der Waals surface area contributed by atoms with E-state index in [0.29, 0.717) is 10.7 Å². The molecule has 1 aromatic carbocycles. The number of carbonyl (C=O) groups is 1. The third-order valence-electron chi connectivity index (χ3n) is 3.64. The summed E-state index contributed by atoms with van der Waals surface area (Å²) in [6, 6.07) is 9.23. The lowest BCUT2D eigenvalue weighted by Gasteiger charge is -2.25. The summed E-state index contributed by atoms with van der Waals surface area (Å²) in [6.07, 6.45) is 5.80. The van der Waals surface area contributed by atoms with Gasteiger partial charge in [-0.3, -0.25) is 15.0 Å². The van der Waals surface area contributed by atoms with Gasteiger partial charge in [0, 0.05) is 23.2 Å². The Hall–Kier alpha value is -1.72. The van der Waals surface area contributed by atoms with Crippen molar-refractivity contribution in [2.45, 2.75) is 25.8 Å². The smallest absolute Gasteiger partial charge is 0.257 e. The number of benzene rings is 1. The number of piperidine rings is 1. The maximum atomic E-state index is 12.1. The number of carbonyl (C=O) groups excluding carboxylic acids is 1. The lowest BCUT2D eigenvalue weighted by molar-refractivity contribution is 0.102. The van der Waals surface area contributed by atoms with Crippen LogP contribution in [0.25, 0.3) is 0 Å². The lowest BCUT2D eigenvalue weighted by atomic mass is 10.1. The van der Waals surface area contributed by atoms with Crippen LogP contribution in [0.4, 0.5) is 5.13 Å². The largest absolute Gasteiger partial charge is 0.298 e. The minimum absolute atomic E-state index is 0.102. The average molecular weight is 301 g/mol. The SMILES string of the molecule is O=C(Nc1ncc(CN2CCCCC2)s1)c1ccccc1. The zero-order valence-corrected chi connectivity index (χ0v) is 12.7. The van der Waals surface area contributed by atoms with Crippen molar-refractivity contribution in [1.29, 1.82) is 0 Å². The highest BCUT2D eigenvalue weighted by Crippen LogP contribution is 2.22. The Morgan fingerprint density at radius 2 is 1.95 bits per heavy atom. The van der Waals surface area contributed by atoms with E-state index in [1.807, 2.05) is 24.4 Å². The Morgan fingerprint density at radius 1 is 1.19 bits per heavy atom. The van der Waals surface area contributed by atoms with Crippen LogP contribution < -0.4 is 5.32 Å². The first-order chi connectivity index (χ1) is 10.3. The van der Waals surface area contributed by atoms with Crippen LogP contribution in [0.15, 0.2) is 36.5 Å². The summed E-state index contributed by atoms with van der Waals surface area (Å²) in [5, 5.41) is 3.54. The number of hydrogen-bond donors (Lipinski definition) is 1. The van der Waals surface area contributed by atoms with Crippen molar-refractivity contribution in [3.8, 4) is 0 Å². The van der Waals surface area contributed by atoms with Gasteiger partial charge in [-0.05, 0) is 38.1 Å². The molecule has 1 fully saturated rings. The fourth-order valence-corrected chi connectivity index (χ4v) is 3.39. The molecule has 0 aliphatic carbocycles. The summed E-state index contributed by atoms with van der Waals surface area (Å²) >= 11 is 1.56. The van der Waals surface area contributed by atoms with E-state index in [0.717, 1.165) is 6.54 Å². The zero-order valence-electron chi connectivity index (χ0n) is 11.9. The number of nitrogens with one attached hydrogen (secondary N) is 1. The Morgan fingerprint density at radius 3 is 2.71 bits per heavy atom. The number of likely N-dealkylation sites (tertiary alicyclic amines) is 1. The van der Waals surface area contributed by atoms with Crippen LogP contribution in [-0.4, -0.2) is 28.9 Å². The quantitative estimate of drug-likeness (QED) is 0.941. The van der Waals surface area contributed by atoms with Gasteiger partial charge in [0.25, 0.3) is 5.91 Å². The van der Waals surface area contributed by atoms with Gasteiger partial charge in [-0.15, -0.1) is 11.3 Å². The molecule has 0 bridgehead atoms. The number of thiazole rings is 1. The Labute approximate surface area is 128 Å². The second-order valence-corrected chi connectivity index (χ2v) is 6.40. The van der Waals surface area contributed by atoms with Gasteiger partial charge in [0.2, 0.25) is 0 Å². The van der Waals surface area contributed by atoms with Crippen LogP contribution in [0.3, 0.4) is 0 Å². The third-order valence-corrected chi connectivity index (χ3v) is 4.54. The molecule has 2 aromatic rings. The Bertz CT molecular complexity index is 591. The van der Waals surface area contributed by atoms with Crippen LogP contribution in [0.2, 0.25) is 0 Å². The van der Waals surface area contributed by atoms with Crippen molar-refractivity contribution < 1.29 is 4.79 Å². The number of anilines is 1. The highest BCUT2D eigenvalue weighted by molar-refractivity contribution is 7.15. The summed E-state index contributed by atoms with van der Waals surface area (Å²) in [7, 11) is 0. The maximum absolute atomic E-state index is 12.1. The number of amides is 1. The first-order valence-corrected chi connectivity index (χ1v) is 8.16. The molecule has 1 aliphatic heterocycles. The molecule has 3 rings (SSSR count). The number of rotatable bonds is 4. The second kappa shape index (κ2) is 6.83. The highest BCUT2D eigenvalue weighted by atomic mass is 32.1. The predicted molar refractivity (Wildman–Crippen MR) is 85.6 cm³/mol. The van der Waals surface area contributed by atoms with Gasteiger partial charge in [0.15, 0.2) is 5.13 Å². The lowest BCUT2D eigenvalue weighted by Crippen LogP contribution is -2.28. The van der Waals surface area contributed by atoms with Crippen LogP contribution in [-0.2, 0) is 6.54 Å². The van der Waals surface area contributed by atoms with E-state index in [2.05, 4.69) is 15.2 Å². The number of hydrogen-bond acceptors (Lipinski definition) is 4. The van der Waals surface area contributed by atoms with E-state index in [4.69, 9.17) is 0 Å². The molecular weight excluding hydrogens is 282 g/mol. The standard InChI is InChI=1S/C16H19N3OS/c20-15(13-7-3-1-4-8-13)18-16-17-11-14(21-16)12-19-9-5-2-6-10-19/h1,3-4,7-8,11H,2,5-6,9-10,12H2,(H,17,18,20). The normalized spacial score (nSPS) is 15.8. The van der Waals surface area contributed by atoms with Crippen LogP contribution in [0, 0.1) is 0 Å². The number of aromatic nitrogens is 1. The highest BCUT2D eigenvalue weighted by Gasteiger charge is 2.13. The maximum Gasteiger partial charge on any atom is 0.257 e. The van der Waals surface area contributed by atoms with E-state index in [1.165, 1.54) is 37.2 Å². The van der Waals surface area contributed by atoms with Gasteiger partial charge in [-0.1, -0.05) is 24.6 Å². The van der Waals surface area contributed by atoms with Crippen molar-refractivity contribution >= 4 is 22.4 Å². The predicted octanol–water partition coefficient (Wildman–Crippen LogP) is 3.38. The molecule has 0 saturated carbocycles. The molecule has 4 nitrogen and oxygen atoms in total. The molecule has 0 atom stereocenters. The second-order valence-electron chi connectivity index (χ2n) is 5.29. The fourth-order valence-electron chi connectivity index (χ4n) is 2.54. The van der Waals surface area contributed by atoms with Crippen molar-refractivity contribution in [2.24, 2.45) is 0 Å². The van der Waals surface area contributed by atoms with Gasteiger partial charge in [0.1, 0.15) is 0 Å². The first kappa shape index (κ1) is 14.2. The van der Waals surface area contributed by atoms with Gasteiger partial charge >= 0.3 is 0 Å². The molecule has 1 N–H and O–H groups in total. The molecular formula is C16H19N3OS. The monoisotopic (exact) mass is 301 g/mol. The van der Waals surface area contributed by atoms with Crippen molar-refractivity contribution in [1.82, 2.24) is 9.88 Å².